The maximum absolute atomic E-state index is 12.0. The second-order valence-corrected chi connectivity index (χ2v) is 4.38. The average molecular weight is 255 g/mol. The van der Waals surface area contributed by atoms with Crippen LogP contribution in [0.3, 0.4) is 0 Å². The molecule has 3 heteroatoms. The molecule has 0 N–H and O–H groups in total. The first-order chi connectivity index (χ1) is 9.18. The van der Waals surface area contributed by atoms with Crippen molar-refractivity contribution in [3.8, 4) is 5.75 Å². The number of benzene rings is 2. The number of hydrogen-bond acceptors (Lipinski definition) is 2. The predicted molar refractivity (Wildman–Crippen MR) is 75.1 cm³/mol. The second-order valence-electron chi connectivity index (χ2n) is 4.38. The Morgan fingerprint density at radius 1 is 1.00 bits per heavy atom. The molecule has 98 valence electrons. The number of nitrogens with zero attached hydrogens (tertiary/aromatic N) is 1. The van der Waals surface area contributed by atoms with E-state index in [1.54, 1.807) is 24.1 Å². The quantitative estimate of drug-likeness (QED) is 0.833. The molecule has 0 radical (unpaired) electrons. The largest absolute Gasteiger partial charge is 0.415 e. The molecule has 2 aromatic rings. The molecule has 19 heavy (non-hydrogen) atoms. The molecule has 0 aliphatic carbocycles. The van der Waals surface area contributed by atoms with Gasteiger partial charge in [-0.25, -0.2) is 4.79 Å². The van der Waals surface area contributed by atoms with Gasteiger partial charge in [-0.05, 0) is 24.6 Å². The Hall–Kier alpha value is -2.29. The second kappa shape index (κ2) is 6.05. The van der Waals surface area contributed by atoms with Gasteiger partial charge < -0.3 is 9.64 Å². The van der Waals surface area contributed by atoms with Gasteiger partial charge in [0.25, 0.3) is 0 Å². The SMILES string of the molecule is C[C@H](c1ccccc1)N(C)C(=O)Oc1ccccc1. The van der Waals surface area contributed by atoms with Gasteiger partial charge in [0.05, 0.1) is 6.04 Å². The Morgan fingerprint density at radius 2 is 1.53 bits per heavy atom. The normalized spacial score (nSPS) is 11.7. The van der Waals surface area contributed by atoms with Crippen molar-refractivity contribution in [3.05, 3.63) is 66.2 Å². The lowest BCUT2D eigenvalue weighted by Crippen LogP contribution is -2.32. The lowest BCUT2D eigenvalue weighted by Gasteiger charge is -2.24. The molecular weight excluding hydrogens is 238 g/mol. The summed E-state index contributed by atoms with van der Waals surface area (Å²) in [4.78, 5) is 13.6. The minimum atomic E-state index is -0.359. The third-order valence-electron chi connectivity index (χ3n) is 3.10. The van der Waals surface area contributed by atoms with E-state index in [0.717, 1.165) is 5.56 Å². The summed E-state index contributed by atoms with van der Waals surface area (Å²) in [5.74, 6) is 0.555. The van der Waals surface area contributed by atoms with Gasteiger partial charge in [-0.3, -0.25) is 0 Å². The number of amides is 1. The van der Waals surface area contributed by atoms with Crippen LogP contribution in [0.2, 0.25) is 0 Å². The van der Waals surface area contributed by atoms with Crippen LogP contribution >= 0.6 is 0 Å². The summed E-state index contributed by atoms with van der Waals surface area (Å²) < 4.78 is 5.31. The number of rotatable bonds is 3. The molecule has 0 aliphatic rings. The van der Waals surface area contributed by atoms with Crippen molar-refractivity contribution in [1.29, 1.82) is 0 Å². The van der Waals surface area contributed by atoms with E-state index in [4.69, 9.17) is 4.74 Å². The Kier molecular flexibility index (Phi) is 4.18. The molecule has 0 heterocycles. The van der Waals surface area contributed by atoms with Crippen molar-refractivity contribution >= 4 is 6.09 Å². The van der Waals surface area contributed by atoms with Gasteiger partial charge in [0.15, 0.2) is 0 Å². The number of carbonyl (C=O) groups excluding carboxylic acids is 1. The summed E-state index contributed by atoms with van der Waals surface area (Å²) in [6.45, 7) is 1.97. The fourth-order valence-corrected chi connectivity index (χ4v) is 1.77. The monoisotopic (exact) mass is 255 g/mol. The predicted octanol–water partition coefficient (Wildman–Crippen LogP) is 3.88. The summed E-state index contributed by atoms with van der Waals surface area (Å²) in [5, 5.41) is 0. The highest BCUT2D eigenvalue weighted by Gasteiger charge is 2.18. The molecule has 0 fully saturated rings. The Balaban J connectivity index is 2.03. The van der Waals surface area contributed by atoms with Crippen LogP contribution in [-0.4, -0.2) is 18.0 Å². The summed E-state index contributed by atoms with van der Waals surface area (Å²) in [6, 6.07) is 18.9. The van der Waals surface area contributed by atoms with E-state index in [-0.39, 0.29) is 12.1 Å². The molecule has 2 rings (SSSR count). The van der Waals surface area contributed by atoms with E-state index in [1.165, 1.54) is 0 Å². The molecule has 2 aromatic carbocycles. The molecule has 3 nitrogen and oxygen atoms in total. The Morgan fingerprint density at radius 3 is 2.11 bits per heavy atom. The highest BCUT2D eigenvalue weighted by atomic mass is 16.6. The number of ether oxygens (including phenoxy) is 1. The van der Waals surface area contributed by atoms with E-state index in [1.807, 2.05) is 55.5 Å². The van der Waals surface area contributed by atoms with Gasteiger partial charge in [0, 0.05) is 7.05 Å². The molecule has 0 unspecified atom stereocenters. The lowest BCUT2D eigenvalue weighted by molar-refractivity contribution is 0.149. The van der Waals surface area contributed by atoms with Crippen molar-refractivity contribution < 1.29 is 9.53 Å². The maximum atomic E-state index is 12.0. The molecule has 0 aromatic heterocycles. The maximum Gasteiger partial charge on any atom is 0.415 e. The fourth-order valence-electron chi connectivity index (χ4n) is 1.77. The van der Waals surface area contributed by atoms with Crippen LogP contribution in [0, 0.1) is 0 Å². The van der Waals surface area contributed by atoms with E-state index >= 15 is 0 Å². The molecule has 0 bridgehead atoms. The molecule has 0 aliphatic heterocycles. The van der Waals surface area contributed by atoms with Crippen molar-refractivity contribution in [3.63, 3.8) is 0 Å². The zero-order valence-corrected chi connectivity index (χ0v) is 11.1. The van der Waals surface area contributed by atoms with E-state index < -0.39 is 0 Å². The first kappa shape index (κ1) is 13.1. The summed E-state index contributed by atoms with van der Waals surface area (Å²) in [6.07, 6.45) is -0.359. The first-order valence-corrected chi connectivity index (χ1v) is 6.23. The van der Waals surface area contributed by atoms with Gasteiger partial charge in [-0.2, -0.15) is 0 Å². The minimum Gasteiger partial charge on any atom is -0.410 e. The summed E-state index contributed by atoms with van der Waals surface area (Å²) in [5.41, 5.74) is 1.08. The molecule has 0 saturated carbocycles. The Bertz CT molecular complexity index is 525. The van der Waals surface area contributed by atoms with Crippen LogP contribution < -0.4 is 4.74 Å². The molecular formula is C16H17NO2. The Labute approximate surface area is 113 Å². The van der Waals surface area contributed by atoms with E-state index in [2.05, 4.69) is 0 Å². The standard InChI is InChI=1S/C16H17NO2/c1-13(14-9-5-3-6-10-14)17(2)16(18)19-15-11-7-4-8-12-15/h3-13H,1-2H3/t13-/m1/s1. The van der Waals surface area contributed by atoms with Gasteiger partial charge in [0.1, 0.15) is 5.75 Å². The van der Waals surface area contributed by atoms with Crippen molar-refractivity contribution in [2.24, 2.45) is 0 Å². The molecule has 1 atom stereocenters. The van der Waals surface area contributed by atoms with Crippen LogP contribution in [0.4, 0.5) is 4.79 Å². The van der Waals surface area contributed by atoms with Crippen LogP contribution in [0.15, 0.2) is 60.7 Å². The van der Waals surface area contributed by atoms with Gasteiger partial charge >= 0.3 is 6.09 Å². The number of hydrogen-bond donors (Lipinski definition) is 0. The summed E-state index contributed by atoms with van der Waals surface area (Å²) in [7, 11) is 1.74. The zero-order chi connectivity index (χ0) is 13.7. The number of para-hydroxylation sites is 1. The molecule has 0 spiro atoms. The van der Waals surface area contributed by atoms with Crippen molar-refractivity contribution in [2.75, 3.05) is 7.05 Å². The van der Waals surface area contributed by atoms with E-state index in [0.29, 0.717) is 5.75 Å². The fraction of sp³-hybridized carbons (Fsp3) is 0.188. The third-order valence-corrected chi connectivity index (χ3v) is 3.10. The van der Waals surface area contributed by atoms with Crippen molar-refractivity contribution in [1.82, 2.24) is 4.90 Å². The minimum absolute atomic E-state index is 0.0302. The highest BCUT2D eigenvalue weighted by molar-refractivity contribution is 5.70. The topological polar surface area (TPSA) is 29.5 Å². The van der Waals surface area contributed by atoms with Crippen LogP contribution in [-0.2, 0) is 0 Å². The first-order valence-electron chi connectivity index (χ1n) is 6.23. The van der Waals surface area contributed by atoms with E-state index in [9.17, 15) is 4.79 Å². The highest BCUT2D eigenvalue weighted by Crippen LogP contribution is 2.20. The van der Waals surface area contributed by atoms with Crippen LogP contribution in [0.5, 0.6) is 5.75 Å². The molecule has 0 saturated heterocycles. The van der Waals surface area contributed by atoms with Gasteiger partial charge in [-0.15, -0.1) is 0 Å². The van der Waals surface area contributed by atoms with Gasteiger partial charge in [-0.1, -0.05) is 48.5 Å². The lowest BCUT2D eigenvalue weighted by atomic mass is 10.1. The van der Waals surface area contributed by atoms with Crippen LogP contribution in [0.1, 0.15) is 18.5 Å². The zero-order valence-electron chi connectivity index (χ0n) is 11.1. The smallest absolute Gasteiger partial charge is 0.410 e. The average Bonchev–Trinajstić information content (AvgIpc) is 2.47. The number of carbonyl (C=O) groups is 1. The van der Waals surface area contributed by atoms with Crippen molar-refractivity contribution in [2.45, 2.75) is 13.0 Å². The van der Waals surface area contributed by atoms with Crippen LogP contribution in [0.25, 0.3) is 0 Å². The third kappa shape index (κ3) is 3.35. The summed E-state index contributed by atoms with van der Waals surface area (Å²) >= 11 is 0. The molecule has 1 amide bonds. The van der Waals surface area contributed by atoms with Gasteiger partial charge in [0.2, 0.25) is 0 Å².